The van der Waals surface area contributed by atoms with Gasteiger partial charge < -0.3 is 5.32 Å². The molecule has 3 N–H and O–H groups in total. The van der Waals surface area contributed by atoms with Crippen molar-refractivity contribution in [2.24, 2.45) is 0 Å². The average Bonchev–Trinajstić information content (AvgIpc) is 2.23. The monoisotopic (exact) mass is 248 g/mol. The van der Waals surface area contributed by atoms with E-state index in [1.54, 1.807) is 23.7 Å². The zero-order valence-corrected chi connectivity index (χ0v) is 9.27. The first-order valence-corrected chi connectivity index (χ1v) is 5.01. The van der Waals surface area contributed by atoms with Crippen molar-refractivity contribution in [1.29, 1.82) is 0 Å². The fourth-order valence-electron chi connectivity index (χ4n) is 0.982. The van der Waals surface area contributed by atoms with E-state index < -0.39 is 5.91 Å². The third kappa shape index (κ3) is 3.95. The molecule has 0 aromatic heterocycles. The Bertz CT molecular complexity index is 358. The Labute approximate surface area is 97.1 Å². The Hall–Kier alpha value is -0.970. The minimum absolute atomic E-state index is 0.177. The van der Waals surface area contributed by atoms with Gasteiger partial charge in [-0.1, -0.05) is 23.2 Å². The summed E-state index contributed by atoms with van der Waals surface area (Å²) in [4.78, 5) is 10.7. The highest BCUT2D eigenvalue weighted by atomic mass is 35.5. The van der Waals surface area contributed by atoms with Crippen LogP contribution in [0.25, 0.3) is 0 Å². The fourth-order valence-corrected chi connectivity index (χ4v) is 1.28. The molecule has 15 heavy (non-hydrogen) atoms. The van der Waals surface area contributed by atoms with Crippen LogP contribution >= 0.6 is 23.2 Å². The number of halogens is 2. The number of carbonyl (C=O) groups is 1. The Kier molecular flexibility index (Phi) is 4.68. The lowest BCUT2D eigenvalue weighted by Crippen LogP contribution is -2.21. The molecule has 82 valence electrons. The van der Waals surface area contributed by atoms with Crippen LogP contribution in [0.3, 0.4) is 0 Å². The molecule has 4 nitrogen and oxygen atoms in total. The first-order valence-electron chi connectivity index (χ1n) is 4.25. The number of anilines is 1. The van der Waals surface area contributed by atoms with E-state index in [0.717, 1.165) is 5.69 Å². The quantitative estimate of drug-likeness (QED) is 0.566. The lowest BCUT2D eigenvalue weighted by molar-refractivity contribution is -0.128. The largest absolute Gasteiger partial charge is 0.384 e. The molecule has 1 amide bonds. The minimum atomic E-state index is -0.442. The van der Waals surface area contributed by atoms with Gasteiger partial charge in [0.1, 0.15) is 0 Å². The highest BCUT2D eigenvalue weighted by molar-refractivity contribution is 6.42. The molecular formula is C9H10Cl2N2O2. The number of hydrogen-bond donors (Lipinski definition) is 3. The van der Waals surface area contributed by atoms with Crippen LogP contribution in [0.15, 0.2) is 18.2 Å². The molecule has 0 heterocycles. The van der Waals surface area contributed by atoms with Crippen LogP contribution in [0, 0.1) is 0 Å². The van der Waals surface area contributed by atoms with Gasteiger partial charge in [-0.3, -0.25) is 10.0 Å². The fraction of sp³-hybridized carbons (Fsp3) is 0.222. The van der Waals surface area contributed by atoms with Crippen molar-refractivity contribution >= 4 is 34.8 Å². The van der Waals surface area contributed by atoms with Gasteiger partial charge in [-0.25, -0.2) is 5.48 Å². The maximum atomic E-state index is 10.7. The van der Waals surface area contributed by atoms with E-state index >= 15 is 0 Å². The normalized spacial score (nSPS) is 9.80. The molecule has 0 spiro atoms. The summed E-state index contributed by atoms with van der Waals surface area (Å²) >= 11 is 11.5. The number of carbonyl (C=O) groups excluding carboxylic acids is 1. The Morgan fingerprint density at radius 1 is 1.33 bits per heavy atom. The van der Waals surface area contributed by atoms with Gasteiger partial charge in [0.05, 0.1) is 10.0 Å². The molecule has 0 aliphatic heterocycles. The third-order valence-electron chi connectivity index (χ3n) is 1.73. The van der Waals surface area contributed by atoms with Gasteiger partial charge in [-0.05, 0) is 18.2 Å². The van der Waals surface area contributed by atoms with Crippen molar-refractivity contribution < 1.29 is 10.0 Å². The predicted molar refractivity (Wildman–Crippen MR) is 59.5 cm³/mol. The molecule has 0 saturated heterocycles. The summed E-state index contributed by atoms with van der Waals surface area (Å²) in [7, 11) is 0. The summed E-state index contributed by atoms with van der Waals surface area (Å²) in [6.07, 6.45) is 0.177. The van der Waals surface area contributed by atoms with Crippen molar-refractivity contribution in [2.75, 3.05) is 11.9 Å². The molecule has 0 fully saturated rings. The maximum Gasteiger partial charge on any atom is 0.245 e. The molecule has 0 aliphatic rings. The van der Waals surface area contributed by atoms with Crippen LogP contribution in [0.2, 0.25) is 10.0 Å². The summed E-state index contributed by atoms with van der Waals surface area (Å²) in [5.41, 5.74) is 2.32. The van der Waals surface area contributed by atoms with Crippen molar-refractivity contribution in [3.8, 4) is 0 Å². The second-order valence-electron chi connectivity index (χ2n) is 2.84. The van der Waals surface area contributed by atoms with Crippen LogP contribution in [-0.4, -0.2) is 17.7 Å². The molecule has 1 aromatic rings. The molecule has 1 aromatic carbocycles. The summed E-state index contributed by atoms with van der Waals surface area (Å²) in [6.45, 7) is 0.407. The third-order valence-corrected chi connectivity index (χ3v) is 2.46. The van der Waals surface area contributed by atoms with Gasteiger partial charge in [-0.15, -0.1) is 0 Å². The van der Waals surface area contributed by atoms with Crippen LogP contribution in [0.5, 0.6) is 0 Å². The molecule has 6 heteroatoms. The topological polar surface area (TPSA) is 61.4 Å². The second-order valence-corrected chi connectivity index (χ2v) is 3.66. The van der Waals surface area contributed by atoms with Gasteiger partial charge in [0, 0.05) is 18.7 Å². The first-order chi connectivity index (χ1) is 7.13. The second kappa shape index (κ2) is 5.80. The van der Waals surface area contributed by atoms with Crippen LogP contribution in [0.4, 0.5) is 5.69 Å². The van der Waals surface area contributed by atoms with E-state index in [4.69, 9.17) is 28.4 Å². The van der Waals surface area contributed by atoms with Crippen molar-refractivity contribution in [3.05, 3.63) is 28.2 Å². The highest BCUT2D eigenvalue weighted by Crippen LogP contribution is 2.24. The van der Waals surface area contributed by atoms with Gasteiger partial charge in [-0.2, -0.15) is 0 Å². The summed E-state index contributed by atoms with van der Waals surface area (Å²) in [6, 6.07) is 5.09. The molecule has 0 bridgehead atoms. The number of nitrogens with one attached hydrogen (secondary N) is 2. The van der Waals surface area contributed by atoms with E-state index in [-0.39, 0.29) is 6.42 Å². The molecule has 0 aliphatic carbocycles. The van der Waals surface area contributed by atoms with Crippen LogP contribution in [0.1, 0.15) is 6.42 Å². The van der Waals surface area contributed by atoms with E-state index in [1.165, 1.54) is 0 Å². The van der Waals surface area contributed by atoms with E-state index in [2.05, 4.69) is 5.32 Å². The van der Waals surface area contributed by atoms with E-state index in [1.807, 2.05) is 0 Å². The van der Waals surface area contributed by atoms with E-state index in [0.29, 0.717) is 16.6 Å². The van der Waals surface area contributed by atoms with Gasteiger partial charge >= 0.3 is 0 Å². The van der Waals surface area contributed by atoms with Gasteiger partial charge in [0.2, 0.25) is 5.91 Å². The number of hydroxylamine groups is 1. The van der Waals surface area contributed by atoms with E-state index in [9.17, 15) is 4.79 Å². The first kappa shape index (κ1) is 12.1. The molecule has 1 rings (SSSR count). The Morgan fingerprint density at radius 2 is 2.07 bits per heavy atom. The highest BCUT2D eigenvalue weighted by Gasteiger charge is 2.00. The SMILES string of the molecule is O=C(CCNc1ccc(Cl)c(Cl)c1)NO. The van der Waals surface area contributed by atoms with Crippen molar-refractivity contribution in [1.82, 2.24) is 5.48 Å². The van der Waals surface area contributed by atoms with Gasteiger partial charge in [0.15, 0.2) is 0 Å². The summed E-state index contributed by atoms with van der Waals surface area (Å²) < 4.78 is 0. The number of hydrogen-bond acceptors (Lipinski definition) is 3. The molecule has 0 saturated carbocycles. The molecule has 0 atom stereocenters. The lowest BCUT2D eigenvalue weighted by Gasteiger charge is -2.06. The Morgan fingerprint density at radius 3 is 2.67 bits per heavy atom. The van der Waals surface area contributed by atoms with Crippen molar-refractivity contribution in [3.63, 3.8) is 0 Å². The summed E-state index contributed by atoms with van der Waals surface area (Å²) in [5.74, 6) is -0.442. The molecule has 0 unspecified atom stereocenters. The zero-order chi connectivity index (χ0) is 11.3. The zero-order valence-electron chi connectivity index (χ0n) is 7.76. The standard InChI is InChI=1S/C9H10Cl2N2O2/c10-7-2-1-6(5-8(7)11)12-4-3-9(14)13-15/h1-2,5,12,15H,3-4H2,(H,13,14). The maximum absolute atomic E-state index is 10.7. The predicted octanol–water partition coefficient (Wildman–Crippen LogP) is 2.30. The number of amides is 1. The Balaban J connectivity index is 2.44. The summed E-state index contributed by atoms with van der Waals surface area (Å²) in [5, 5.41) is 12.1. The number of rotatable bonds is 4. The van der Waals surface area contributed by atoms with Gasteiger partial charge in [0.25, 0.3) is 0 Å². The lowest BCUT2D eigenvalue weighted by atomic mass is 10.3. The number of benzene rings is 1. The van der Waals surface area contributed by atoms with Crippen molar-refractivity contribution in [2.45, 2.75) is 6.42 Å². The van der Waals surface area contributed by atoms with Crippen LogP contribution in [-0.2, 0) is 4.79 Å². The average molecular weight is 249 g/mol. The molecule has 0 radical (unpaired) electrons. The van der Waals surface area contributed by atoms with Crippen LogP contribution < -0.4 is 10.8 Å². The minimum Gasteiger partial charge on any atom is -0.384 e. The smallest absolute Gasteiger partial charge is 0.245 e. The molecular weight excluding hydrogens is 239 g/mol.